The van der Waals surface area contributed by atoms with E-state index in [1.54, 1.807) is 0 Å². The van der Waals surface area contributed by atoms with Crippen molar-refractivity contribution in [3.63, 3.8) is 0 Å². The number of ether oxygens (including phenoxy) is 1. The molecule has 1 aliphatic rings. The normalized spacial score (nSPS) is 22.6. The van der Waals surface area contributed by atoms with Gasteiger partial charge in [0.15, 0.2) is 6.61 Å². The minimum absolute atomic E-state index is 0.101. The summed E-state index contributed by atoms with van der Waals surface area (Å²) < 4.78 is 5.63. The van der Waals surface area contributed by atoms with Crippen molar-refractivity contribution in [2.75, 3.05) is 6.61 Å². The van der Waals surface area contributed by atoms with Gasteiger partial charge in [0.2, 0.25) is 0 Å². The van der Waals surface area contributed by atoms with Gasteiger partial charge in [-0.05, 0) is 57.2 Å². The standard InChI is InChI=1S/C17H25NO2/c1-4-15-8-10-16(11-9-15)20-12-17(19)18-13(2)6-5-7-14(18)3/h8-11,13-14H,4-7,12H2,1-3H3. The van der Waals surface area contributed by atoms with Gasteiger partial charge in [-0.25, -0.2) is 0 Å². The van der Waals surface area contributed by atoms with Crippen LogP contribution in [-0.2, 0) is 11.2 Å². The quantitative estimate of drug-likeness (QED) is 0.842. The summed E-state index contributed by atoms with van der Waals surface area (Å²) in [6.45, 7) is 6.52. The maximum absolute atomic E-state index is 12.3. The molecule has 1 aromatic carbocycles. The summed E-state index contributed by atoms with van der Waals surface area (Å²) >= 11 is 0. The Morgan fingerprint density at radius 1 is 1.20 bits per heavy atom. The molecule has 2 unspecified atom stereocenters. The van der Waals surface area contributed by atoms with Gasteiger partial charge >= 0.3 is 0 Å². The minimum atomic E-state index is 0.101. The van der Waals surface area contributed by atoms with Crippen LogP contribution in [0.1, 0.15) is 45.6 Å². The van der Waals surface area contributed by atoms with Crippen molar-refractivity contribution in [1.82, 2.24) is 4.90 Å². The molecule has 0 bridgehead atoms. The van der Waals surface area contributed by atoms with Crippen molar-refractivity contribution in [2.45, 2.75) is 58.5 Å². The molecular formula is C17H25NO2. The second-order valence-corrected chi connectivity index (χ2v) is 5.72. The molecule has 1 amide bonds. The van der Waals surface area contributed by atoms with Crippen LogP contribution in [0.4, 0.5) is 0 Å². The number of piperidine rings is 1. The molecule has 110 valence electrons. The fourth-order valence-corrected chi connectivity index (χ4v) is 2.95. The Bertz CT molecular complexity index is 431. The van der Waals surface area contributed by atoms with Crippen molar-refractivity contribution in [1.29, 1.82) is 0 Å². The van der Waals surface area contributed by atoms with E-state index in [0.29, 0.717) is 12.1 Å². The van der Waals surface area contributed by atoms with Crippen LogP contribution in [0.25, 0.3) is 0 Å². The van der Waals surface area contributed by atoms with Crippen LogP contribution >= 0.6 is 0 Å². The van der Waals surface area contributed by atoms with E-state index in [1.165, 1.54) is 12.0 Å². The number of hydrogen-bond donors (Lipinski definition) is 0. The predicted octanol–water partition coefficient (Wildman–Crippen LogP) is 3.42. The van der Waals surface area contributed by atoms with Crippen LogP contribution in [-0.4, -0.2) is 29.5 Å². The van der Waals surface area contributed by atoms with Gasteiger partial charge in [-0.1, -0.05) is 19.1 Å². The average Bonchev–Trinajstić information content (AvgIpc) is 2.45. The number of carbonyl (C=O) groups excluding carboxylic acids is 1. The second-order valence-electron chi connectivity index (χ2n) is 5.72. The Hall–Kier alpha value is -1.51. The van der Waals surface area contributed by atoms with Gasteiger partial charge in [0, 0.05) is 12.1 Å². The first-order valence-corrected chi connectivity index (χ1v) is 7.64. The monoisotopic (exact) mass is 275 g/mol. The van der Waals surface area contributed by atoms with Gasteiger partial charge in [-0.2, -0.15) is 0 Å². The Balaban J connectivity index is 1.90. The zero-order valence-corrected chi connectivity index (χ0v) is 12.8. The number of carbonyl (C=O) groups is 1. The molecule has 3 heteroatoms. The summed E-state index contributed by atoms with van der Waals surface area (Å²) in [5.74, 6) is 0.872. The van der Waals surface area contributed by atoms with Gasteiger partial charge in [0.1, 0.15) is 5.75 Å². The lowest BCUT2D eigenvalue weighted by Gasteiger charge is -2.38. The van der Waals surface area contributed by atoms with Crippen LogP contribution in [0.5, 0.6) is 5.75 Å². The molecular weight excluding hydrogens is 250 g/mol. The van der Waals surface area contributed by atoms with Crippen LogP contribution in [0.2, 0.25) is 0 Å². The summed E-state index contributed by atoms with van der Waals surface area (Å²) in [6, 6.07) is 8.64. The summed E-state index contributed by atoms with van der Waals surface area (Å²) in [4.78, 5) is 14.3. The number of benzene rings is 1. The maximum Gasteiger partial charge on any atom is 0.260 e. The van der Waals surface area contributed by atoms with E-state index >= 15 is 0 Å². The lowest BCUT2D eigenvalue weighted by Crippen LogP contribution is -2.49. The first-order chi connectivity index (χ1) is 9.61. The van der Waals surface area contributed by atoms with Gasteiger partial charge in [0.25, 0.3) is 5.91 Å². The molecule has 3 nitrogen and oxygen atoms in total. The van der Waals surface area contributed by atoms with Crippen LogP contribution in [0, 0.1) is 0 Å². The number of hydrogen-bond acceptors (Lipinski definition) is 2. The van der Waals surface area contributed by atoms with Crippen molar-refractivity contribution in [3.8, 4) is 5.75 Å². The fraction of sp³-hybridized carbons (Fsp3) is 0.588. The minimum Gasteiger partial charge on any atom is -0.484 e. The zero-order chi connectivity index (χ0) is 14.5. The summed E-state index contributed by atoms with van der Waals surface area (Å²) in [7, 11) is 0. The molecule has 1 heterocycles. The molecule has 2 atom stereocenters. The zero-order valence-electron chi connectivity index (χ0n) is 12.8. The van der Waals surface area contributed by atoms with Crippen LogP contribution < -0.4 is 4.74 Å². The van der Waals surface area contributed by atoms with E-state index in [9.17, 15) is 4.79 Å². The van der Waals surface area contributed by atoms with E-state index in [2.05, 4.69) is 20.8 Å². The van der Waals surface area contributed by atoms with E-state index < -0.39 is 0 Å². The highest BCUT2D eigenvalue weighted by Crippen LogP contribution is 2.22. The molecule has 20 heavy (non-hydrogen) atoms. The molecule has 0 aliphatic carbocycles. The summed E-state index contributed by atoms with van der Waals surface area (Å²) in [5, 5.41) is 0. The largest absolute Gasteiger partial charge is 0.484 e. The lowest BCUT2D eigenvalue weighted by molar-refractivity contribution is -0.139. The van der Waals surface area contributed by atoms with Crippen LogP contribution in [0.15, 0.2) is 24.3 Å². The molecule has 1 aliphatic heterocycles. The molecule has 1 saturated heterocycles. The summed E-state index contributed by atoms with van der Waals surface area (Å²) in [6.07, 6.45) is 4.43. The van der Waals surface area contributed by atoms with E-state index in [0.717, 1.165) is 25.0 Å². The van der Waals surface area contributed by atoms with Crippen molar-refractivity contribution < 1.29 is 9.53 Å². The smallest absolute Gasteiger partial charge is 0.260 e. The molecule has 2 rings (SSSR count). The molecule has 0 radical (unpaired) electrons. The number of rotatable bonds is 4. The SMILES string of the molecule is CCc1ccc(OCC(=O)N2C(C)CCCC2C)cc1. The Labute approximate surface area is 121 Å². The predicted molar refractivity (Wildman–Crippen MR) is 80.9 cm³/mol. The van der Waals surface area contributed by atoms with Crippen LogP contribution in [0.3, 0.4) is 0 Å². The molecule has 0 spiro atoms. The second kappa shape index (κ2) is 6.78. The van der Waals surface area contributed by atoms with Gasteiger partial charge in [-0.3, -0.25) is 4.79 Å². The highest BCUT2D eigenvalue weighted by atomic mass is 16.5. The van der Waals surface area contributed by atoms with Crippen molar-refractivity contribution in [2.24, 2.45) is 0 Å². The highest BCUT2D eigenvalue weighted by molar-refractivity contribution is 5.78. The number of aryl methyl sites for hydroxylation is 1. The molecule has 0 N–H and O–H groups in total. The summed E-state index contributed by atoms with van der Waals surface area (Å²) in [5.41, 5.74) is 1.28. The topological polar surface area (TPSA) is 29.5 Å². The van der Waals surface area contributed by atoms with E-state index in [-0.39, 0.29) is 12.5 Å². The van der Waals surface area contributed by atoms with Gasteiger partial charge < -0.3 is 9.64 Å². The fourth-order valence-electron chi connectivity index (χ4n) is 2.95. The Morgan fingerprint density at radius 3 is 2.35 bits per heavy atom. The first-order valence-electron chi connectivity index (χ1n) is 7.64. The van der Waals surface area contributed by atoms with Gasteiger partial charge in [-0.15, -0.1) is 0 Å². The molecule has 0 aromatic heterocycles. The molecule has 1 aromatic rings. The Kier molecular flexibility index (Phi) is 5.05. The number of nitrogens with zero attached hydrogens (tertiary/aromatic N) is 1. The number of amides is 1. The van der Waals surface area contributed by atoms with Crippen molar-refractivity contribution >= 4 is 5.91 Å². The first kappa shape index (κ1) is 14.9. The third kappa shape index (κ3) is 3.53. The third-order valence-corrected chi connectivity index (χ3v) is 4.18. The van der Waals surface area contributed by atoms with Gasteiger partial charge in [0.05, 0.1) is 0 Å². The van der Waals surface area contributed by atoms with E-state index in [4.69, 9.17) is 4.74 Å². The highest BCUT2D eigenvalue weighted by Gasteiger charge is 2.28. The van der Waals surface area contributed by atoms with E-state index in [1.807, 2.05) is 29.2 Å². The Morgan fingerprint density at radius 2 is 1.80 bits per heavy atom. The van der Waals surface area contributed by atoms with Crippen molar-refractivity contribution in [3.05, 3.63) is 29.8 Å². The number of likely N-dealkylation sites (tertiary alicyclic amines) is 1. The maximum atomic E-state index is 12.3. The average molecular weight is 275 g/mol. The molecule has 1 fully saturated rings. The lowest BCUT2D eigenvalue weighted by atomic mass is 9.97. The molecule has 0 saturated carbocycles. The third-order valence-electron chi connectivity index (χ3n) is 4.18.